The minimum absolute atomic E-state index is 0.201. The molecule has 0 unspecified atom stereocenters. The molecule has 0 radical (unpaired) electrons. The molecule has 0 saturated heterocycles. The van der Waals surface area contributed by atoms with E-state index in [4.69, 9.17) is 0 Å². The van der Waals surface area contributed by atoms with Gasteiger partial charge in [0.15, 0.2) is 0 Å². The molecular weight excluding hydrogens is 456 g/mol. The second-order valence-electron chi connectivity index (χ2n) is 7.82. The van der Waals surface area contributed by atoms with Gasteiger partial charge in [0.05, 0.1) is 29.1 Å². The average molecular weight is 475 g/mol. The van der Waals surface area contributed by atoms with Crippen molar-refractivity contribution in [3.8, 4) is 0 Å². The van der Waals surface area contributed by atoms with E-state index in [1.165, 1.54) is 4.31 Å². The zero-order valence-corrected chi connectivity index (χ0v) is 19.0. The maximum Gasteiger partial charge on any atom is 0.245 e. The van der Waals surface area contributed by atoms with Crippen LogP contribution in [0.5, 0.6) is 0 Å². The van der Waals surface area contributed by atoms with Crippen molar-refractivity contribution in [3.63, 3.8) is 0 Å². The van der Waals surface area contributed by atoms with Gasteiger partial charge >= 0.3 is 0 Å². The maximum atomic E-state index is 13.4. The standard InChI is InChI=1S/C23H18N6O2S2/c30-33(31,21-7-3-6-20-22(21)28-32-27-20)29-11-9-18-16(14-29)8-10-24-23(18)26-17-12-15-4-1-2-5-19(15)25-13-17/h1-8,10,12-13H,9,11,14H2,(H,24,26). The first-order chi connectivity index (χ1) is 16.1. The normalized spacial score (nSPS) is 14.4. The molecule has 164 valence electrons. The van der Waals surface area contributed by atoms with Crippen molar-refractivity contribution in [2.45, 2.75) is 17.9 Å². The molecule has 0 atom stereocenters. The number of nitrogens with one attached hydrogen (secondary N) is 1. The minimum Gasteiger partial charge on any atom is -0.339 e. The van der Waals surface area contributed by atoms with Crippen molar-refractivity contribution in [2.75, 3.05) is 11.9 Å². The van der Waals surface area contributed by atoms with Gasteiger partial charge in [0, 0.05) is 30.2 Å². The molecule has 0 saturated carbocycles. The van der Waals surface area contributed by atoms with Gasteiger partial charge in [-0.3, -0.25) is 4.98 Å². The highest BCUT2D eigenvalue weighted by molar-refractivity contribution is 7.89. The van der Waals surface area contributed by atoms with Crippen molar-refractivity contribution in [3.05, 3.63) is 78.1 Å². The van der Waals surface area contributed by atoms with Crippen LogP contribution in [0, 0.1) is 0 Å². The molecule has 0 amide bonds. The number of rotatable bonds is 4. The number of nitrogens with zero attached hydrogens (tertiary/aromatic N) is 5. The summed E-state index contributed by atoms with van der Waals surface area (Å²) in [5, 5.41) is 4.41. The zero-order chi connectivity index (χ0) is 22.4. The third kappa shape index (κ3) is 3.52. The molecule has 1 aliphatic heterocycles. The van der Waals surface area contributed by atoms with Crippen molar-refractivity contribution in [1.82, 2.24) is 23.0 Å². The fourth-order valence-corrected chi connectivity index (χ4v) is 6.35. The summed E-state index contributed by atoms with van der Waals surface area (Å²) in [6, 6.07) is 16.9. The summed E-state index contributed by atoms with van der Waals surface area (Å²) in [6.45, 7) is 0.637. The molecule has 2 aromatic carbocycles. The second kappa shape index (κ2) is 7.84. The van der Waals surface area contributed by atoms with Gasteiger partial charge in [-0.05, 0) is 42.3 Å². The Balaban J connectivity index is 1.31. The van der Waals surface area contributed by atoms with Gasteiger partial charge in [0.1, 0.15) is 21.7 Å². The van der Waals surface area contributed by atoms with Crippen LogP contribution < -0.4 is 5.32 Å². The molecule has 10 heteroatoms. The van der Waals surface area contributed by atoms with Crippen molar-refractivity contribution < 1.29 is 8.42 Å². The minimum atomic E-state index is -3.71. The molecule has 5 aromatic rings. The molecule has 6 rings (SSSR count). The lowest BCUT2D eigenvalue weighted by Gasteiger charge is -2.29. The molecule has 0 bridgehead atoms. The van der Waals surface area contributed by atoms with E-state index in [0.717, 1.165) is 45.3 Å². The van der Waals surface area contributed by atoms with Crippen LogP contribution in [0.15, 0.2) is 71.9 Å². The van der Waals surface area contributed by atoms with Gasteiger partial charge in [-0.15, -0.1) is 0 Å². The Morgan fingerprint density at radius 2 is 1.85 bits per heavy atom. The second-order valence-corrected chi connectivity index (χ2v) is 10.3. The lowest BCUT2D eigenvalue weighted by molar-refractivity contribution is 0.391. The molecule has 0 spiro atoms. The van der Waals surface area contributed by atoms with Gasteiger partial charge in [-0.1, -0.05) is 24.3 Å². The van der Waals surface area contributed by atoms with Crippen LogP contribution in [-0.4, -0.2) is 38.0 Å². The van der Waals surface area contributed by atoms with Gasteiger partial charge in [0.25, 0.3) is 0 Å². The number of para-hydroxylation sites is 1. The maximum absolute atomic E-state index is 13.4. The number of hydrogen-bond acceptors (Lipinski definition) is 8. The Morgan fingerprint density at radius 1 is 0.970 bits per heavy atom. The fraction of sp³-hybridized carbons (Fsp3) is 0.130. The molecule has 1 N–H and O–H groups in total. The van der Waals surface area contributed by atoms with Crippen LogP contribution in [0.1, 0.15) is 11.1 Å². The Hall–Kier alpha value is -3.47. The quantitative estimate of drug-likeness (QED) is 0.418. The lowest BCUT2D eigenvalue weighted by atomic mass is 10.0. The third-order valence-corrected chi connectivity index (χ3v) is 8.25. The summed E-state index contributed by atoms with van der Waals surface area (Å²) in [6.07, 6.45) is 4.04. The molecule has 33 heavy (non-hydrogen) atoms. The Kier molecular flexibility index (Phi) is 4.79. The predicted molar refractivity (Wildman–Crippen MR) is 128 cm³/mol. The number of sulfonamides is 1. The van der Waals surface area contributed by atoms with E-state index in [2.05, 4.69) is 24.0 Å². The number of aromatic nitrogens is 4. The average Bonchev–Trinajstić information content (AvgIpc) is 3.33. The van der Waals surface area contributed by atoms with E-state index < -0.39 is 10.0 Å². The Morgan fingerprint density at radius 3 is 2.79 bits per heavy atom. The van der Waals surface area contributed by atoms with Crippen LogP contribution in [0.2, 0.25) is 0 Å². The summed E-state index contributed by atoms with van der Waals surface area (Å²) in [5.41, 5.74) is 4.74. The van der Waals surface area contributed by atoms with E-state index in [1.54, 1.807) is 30.6 Å². The molecular formula is C23H18N6O2S2. The highest BCUT2D eigenvalue weighted by Crippen LogP contribution is 2.32. The fourth-order valence-electron chi connectivity index (χ4n) is 4.18. The summed E-state index contributed by atoms with van der Waals surface area (Å²) < 4.78 is 36.7. The largest absolute Gasteiger partial charge is 0.339 e. The summed E-state index contributed by atoms with van der Waals surface area (Å²) in [5.74, 6) is 0.729. The summed E-state index contributed by atoms with van der Waals surface area (Å²) in [7, 11) is -3.71. The van der Waals surface area contributed by atoms with Crippen molar-refractivity contribution in [2.24, 2.45) is 0 Å². The first-order valence-electron chi connectivity index (χ1n) is 10.4. The number of hydrogen-bond donors (Lipinski definition) is 1. The number of pyridine rings is 2. The van der Waals surface area contributed by atoms with E-state index in [0.29, 0.717) is 24.0 Å². The van der Waals surface area contributed by atoms with Crippen LogP contribution in [0.25, 0.3) is 21.9 Å². The van der Waals surface area contributed by atoms with Crippen LogP contribution in [-0.2, 0) is 23.0 Å². The lowest BCUT2D eigenvalue weighted by Crippen LogP contribution is -2.36. The van der Waals surface area contributed by atoms with E-state index in [9.17, 15) is 8.42 Å². The third-order valence-electron chi connectivity index (χ3n) is 5.83. The number of benzene rings is 2. The first kappa shape index (κ1) is 20.2. The van der Waals surface area contributed by atoms with Gasteiger partial charge in [0.2, 0.25) is 10.0 Å². The van der Waals surface area contributed by atoms with Crippen LogP contribution >= 0.6 is 11.7 Å². The smallest absolute Gasteiger partial charge is 0.245 e. The Labute approximate surface area is 194 Å². The monoisotopic (exact) mass is 474 g/mol. The molecule has 3 aromatic heterocycles. The number of fused-ring (bicyclic) bond motifs is 3. The summed E-state index contributed by atoms with van der Waals surface area (Å²) in [4.78, 5) is 9.22. The highest BCUT2D eigenvalue weighted by Gasteiger charge is 2.31. The predicted octanol–water partition coefficient (Wildman–Crippen LogP) is 4.13. The van der Waals surface area contributed by atoms with Crippen molar-refractivity contribution >= 4 is 55.2 Å². The van der Waals surface area contributed by atoms with E-state index in [-0.39, 0.29) is 11.4 Å². The van der Waals surface area contributed by atoms with Crippen molar-refractivity contribution in [1.29, 1.82) is 0 Å². The number of anilines is 2. The van der Waals surface area contributed by atoms with E-state index >= 15 is 0 Å². The molecule has 1 aliphatic rings. The van der Waals surface area contributed by atoms with E-state index in [1.807, 2.05) is 36.4 Å². The van der Waals surface area contributed by atoms with Crippen LogP contribution in [0.4, 0.5) is 11.5 Å². The molecule has 8 nitrogen and oxygen atoms in total. The molecule has 0 fully saturated rings. The zero-order valence-electron chi connectivity index (χ0n) is 17.3. The first-order valence-corrected chi connectivity index (χ1v) is 12.6. The molecule has 4 heterocycles. The highest BCUT2D eigenvalue weighted by atomic mass is 32.2. The topological polar surface area (TPSA) is 101 Å². The Bertz CT molecular complexity index is 1620. The summed E-state index contributed by atoms with van der Waals surface area (Å²) >= 11 is 1.02. The van der Waals surface area contributed by atoms with Crippen LogP contribution in [0.3, 0.4) is 0 Å². The van der Waals surface area contributed by atoms with Gasteiger partial charge < -0.3 is 5.32 Å². The molecule has 0 aliphatic carbocycles. The SMILES string of the molecule is O=S(=O)(c1cccc2nsnc12)N1CCc2c(ccnc2Nc2cnc3ccccc3c2)C1. The van der Waals surface area contributed by atoms with Gasteiger partial charge in [-0.2, -0.15) is 13.1 Å². The van der Waals surface area contributed by atoms with Gasteiger partial charge in [-0.25, -0.2) is 13.4 Å².